The van der Waals surface area contributed by atoms with Gasteiger partial charge in [0, 0.05) is 28.5 Å². The highest BCUT2D eigenvalue weighted by molar-refractivity contribution is 9.10. The predicted molar refractivity (Wildman–Crippen MR) is 122 cm³/mol. The summed E-state index contributed by atoms with van der Waals surface area (Å²) in [5.74, 6) is 0.827. The van der Waals surface area contributed by atoms with Crippen LogP contribution in [0.2, 0.25) is 0 Å². The van der Waals surface area contributed by atoms with Gasteiger partial charge in [-0.3, -0.25) is 4.79 Å². The summed E-state index contributed by atoms with van der Waals surface area (Å²) in [6.07, 6.45) is 0.0336. The molecule has 1 fully saturated rings. The number of halogens is 1. The number of amides is 1. The molecule has 4 rings (SSSR count). The largest absolute Gasteiger partial charge is 0.494 e. The number of carbonyl (C=O) groups is 1. The Hall–Kier alpha value is -2.44. The summed E-state index contributed by atoms with van der Waals surface area (Å²) in [5, 5.41) is 0.843. The first-order valence-corrected chi connectivity index (χ1v) is 11.0. The van der Waals surface area contributed by atoms with E-state index in [9.17, 15) is 4.79 Å². The average Bonchev–Trinajstić information content (AvgIpc) is 2.72. The van der Waals surface area contributed by atoms with Crippen LogP contribution in [0.25, 0.3) is 22.2 Å². The molecule has 0 radical (unpaired) electrons. The van der Waals surface area contributed by atoms with E-state index in [4.69, 9.17) is 14.5 Å². The van der Waals surface area contributed by atoms with E-state index < -0.39 is 0 Å². The molecule has 2 atom stereocenters. The van der Waals surface area contributed by atoms with Crippen LogP contribution in [0.5, 0.6) is 5.75 Å². The van der Waals surface area contributed by atoms with Gasteiger partial charge in [0.1, 0.15) is 5.75 Å². The number of hydrogen-bond donors (Lipinski definition) is 0. The molecule has 6 heteroatoms. The van der Waals surface area contributed by atoms with Gasteiger partial charge in [-0.05, 0) is 69.3 Å². The Morgan fingerprint density at radius 1 is 1.13 bits per heavy atom. The highest BCUT2D eigenvalue weighted by Gasteiger charge is 2.28. The van der Waals surface area contributed by atoms with E-state index in [1.807, 2.05) is 74.2 Å². The van der Waals surface area contributed by atoms with E-state index in [2.05, 4.69) is 15.9 Å². The van der Waals surface area contributed by atoms with Crippen molar-refractivity contribution in [1.82, 2.24) is 9.88 Å². The zero-order chi connectivity index (χ0) is 21.3. The molecule has 0 spiro atoms. The summed E-state index contributed by atoms with van der Waals surface area (Å²) in [6.45, 7) is 7.75. The molecule has 0 bridgehead atoms. The maximum Gasteiger partial charge on any atom is 0.254 e. The van der Waals surface area contributed by atoms with Crippen molar-refractivity contribution in [1.29, 1.82) is 0 Å². The average molecular weight is 469 g/mol. The number of nitrogens with zero attached hydrogens (tertiary/aromatic N) is 2. The molecule has 2 heterocycles. The third kappa shape index (κ3) is 4.35. The lowest BCUT2D eigenvalue weighted by molar-refractivity contribution is -0.0585. The fourth-order valence-corrected chi connectivity index (χ4v) is 4.29. The molecular weight excluding hydrogens is 444 g/mol. The number of ether oxygens (including phenoxy) is 2. The van der Waals surface area contributed by atoms with Crippen molar-refractivity contribution >= 4 is 32.7 Å². The second kappa shape index (κ2) is 8.74. The van der Waals surface area contributed by atoms with Crippen LogP contribution in [0, 0.1) is 0 Å². The predicted octanol–water partition coefficient (Wildman–Crippen LogP) is 5.31. The number of aromatic nitrogens is 1. The van der Waals surface area contributed by atoms with E-state index in [-0.39, 0.29) is 18.1 Å². The molecule has 0 aliphatic carbocycles. The number of benzene rings is 2. The van der Waals surface area contributed by atoms with Crippen LogP contribution in [0.4, 0.5) is 0 Å². The van der Waals surface area contributed by atoms with Gasteiger partial charge in [-0.1, -0.05) is 15.9 Å². The van der Waals surface area contributed by atoms with Crippen molar-refractivity contribution in [3.05, 3.63) is 58.6 Å². The number of morpholine rings is 1. The number of fused-ring (bicyclic) bond motifs is 1. The maximum atomic E-state index is 13.5. The molecule has 5 nitrogen and oxygen atoms in total. The van der Waals surface area contributed by atoms with Crippen molar-refractivity contribution in [2.75, 3.05) is 19.7 Å². The molecule has 0 N–H and O–H groups in total. The van der Waals surface area contributed by atoms with Gasteiger partial charge in [0.2, 0.25) is 0 Å². The Labute approximate surface area is 185 Å². The Morgan fingerprint density at radius 3 is 2.50 bits per heavy atom. The fourth-order valence-electron chi connectivity index (χ4n) is 3.93. The highest BCUT2D eigenvalue weighted by Crippen LogP contribution is 2.29. The van der Waals surface area contributed by atoms with Crippen LogP contribution in [-0.2, 0) is 4.74 Å². The number of pyridine rings is 1. The molecule has 1 amide bonds. The molecule has 1 aromatic heterocycles. The molecule has 0 saturated carbocycles. The van der Waals surface area contributed by atoms with Gasteiger partial charge in [0.05, 0.1) is 35.6 Å². The SMILES string of the molecule is CCOc1ccc(-c2cc(C(=O)N3CC(C)OC(C)C3)c3cc(Br)ccc3n2)cc1. The minimum Gasteiger partial charge on any atom is -0.494 e. The number of hydrogen-bond acceptors (Lipinski definition) is 4. The van der Waals surface area contributed by atoms with Gasteiger partial charge in [0.15, 0.2) is 0 Å². The fraction of sp³-hybridized carbons (Fsp3) is 0.333. The Morgan fingerprint density at radius 2 is 1.83 bits per heavy atom. The van der Waals surface area contributed by atoms with Crippen LogP contribution >= 0.6 is 15.9 Å². The van der Waals surface area contributed by atoms with Crippen molar-refractivity contribution < 1.29 is 14.3 Å². The van der Waals surface area contributed by atoms with Crippen LogP contribution in [0.1, 0.15) is 31.1 Å². The second-order valence-electron chi connectivity index (χ2n) is 7.64. The number of carbonyl (C=O) groups excluding carboxylic acids is 1. The van der Waals surface area contributed by atoms with Crippen molar-refractivity contribution in [2.24, 2.45) is 0 Å². The lowest BCUT2D eigenvalue weighted by Crippen LogP contribution is -2.48. The molecule has 156 valence electrons. The summed E-state index contributed by atoms with van der Waals surface area (Å²) in [6, 6.07) is 15.6. The summed E-state index contributed by atoms with van der Waals surface area (Å²) in [4.78, 5) is 20.3. The van der Waals surface area contributed by atoms with Gasteiger partial charge in [-0.2, -0.15) is 0 Å². The summed E-state index contributed by atoms with van der Waals surface area (Å²) in [7, 11) is 0. The van der Waals surface area contributed by atoms with Gasteiger partial charge < -0.3 is 14.4 Å². The lowest BCUT2D eigenvalue weighted by atomic mass is 10.0. The van der Waals surface area contributed by atoms with E-state index in [0.29, 0.717) is 25.3 Å². The summed E-state index contributed by atoms with van der Waals surface area (Å²) >= 11 is 3.53. The minimum absolute atomic E-state index is 0.00897. The summed E-state index contributed by atoms with van der Waals surface area (Å²) in [5.41, 5.74) is 3.17. The molecule has 30 heavy (non-hydrogen) atoms. The van der Waals surface area contributed by atoms with Crippen molar-refractivity contribution in [3.63, 3.8) is 0 Å². The first kappa shape index (κ1) is 20.8. The van der Waals surface area contributed by atoms with Crippen LogP contribution < -0.4 is 4.74 Å². The lowest BCUT2D eigenvalue weighted by Gasteiger charge is -2.35. The van der Waals surface area contributed by atoms with Gasteiger partial charge in [-0.15, -0.1) is 0 Å². The second-order valence-corrected chi connectivity index (χ2v) is 8.56. The molecule has 1 saturated heterocycles. The summed E-state index contributed by atoms with van der Waals surface area (Å²) < 4.78 is 12.3. The molecule has 1 aliphatic heterocycles. The Bertz CT molecular complexity index is 1060. The zero-order valence-electron chi connectivity index (χ0n) is 17.4. The molecular formula is C24H25BrN2O3. The van der Waals surface area contributed by atoms with E-state index in [1.165, 1.54) is 0 Å². The van der Waals surface area contributed by atoms with Crippen molar-refractivity contribution in [3.8, 4) is 17.0 Å². The van der Waals surface area contributed by atoms with Gasteiger partial charge in [0.25, 0.3) is 5.91 Å². The minimum atomic E-state index is 0.00897. The van der Waals surface area contributed by atoms with E-state index in [0.717, 1.165) is 32.4 Å². The van der Waals surface area contributed by atoms with E-state index >= 15 is 0 Å². The molecule has 1 aliphatic rings. The molecule has 2 aromatic carbocycles. The molecule has 2 unspecified atom stereocenters. The van der Waals surface area contributed by atoms with Crippen LogP contribution in [0.3, 0.4) is 0 Å². The maximum absolute atomic E-state index is 13.5. The standard InChI is InChI=1S/C24H25BrN2O3/c1-4-29-19-8-5-17(6-9-19)23-12-21(20-11-18(25)7-10-22(20)26-23)24(28)27-13-15(2)30-16(3)14-27/h5-12,15-16H,4,13-14H2,1-3H3. The topological polar surface area (TPSA) is 51.7 Å². The third-order valence-corrected chi connectivity index (χ3v) is 5.66. The highest BCUT2D eigenvalue weighted by atomic mass is 79.9. The third-order valence-electron chi connectivity index (χ3n) is 5.17. The van der Waals surface area contributed by atoms with Crippen molar-refractivity contribution in [2.45, 2.75) is 33.0 Å². The van der Waals surface area contributed by atoms with Crippen LogP contribution in [-0.4, -0.2) is 47.7 Å². The normalized spacial score (nSPS) is 19.1. The van der Waals surface area contributed by atoms with Gasteiger partial charge in [-0.25, -0.2) is 4.98 Å². The first-order valence-electron chi connectivity index (χ1n) is 10.2. The van der Waals surface area contributed by atoms with E-state index in [1.54, 1.807) is 0 Å². The first-order chi connectivity index (χ1) is 14.4. The van der Waals surface area contributed by atoms with Crippen LogP contribution in [0.15, 0.2) is 53.0 Å². The Balaban J connectivity index is 1.79. The van der Waals surface area contributed by atoms with Gasteiger partial charge >= 0.3 is 0 Å². The zero-order valence-corrected chi connectivity index (χ0v) is 19.0. The Kier molecular flexibility index (Phi) is 6.06. The smallest absolute Gasteiger partial charge is 0.254 e. The molecule has 3 aromatic rings. The number of rotatable bonds is 4. The monoisotopic (exact) mass is 468 g/mol. The quantitative estimate of drug-likeness (QED) is 0.520.